The second kappa shape index (κ2) is 9.70. The monoisotopic (exact) mass is 443 g/mol. The van der Waals surface area contributed by atoms with Gasteiger partial charge in [0.05, 0.1) is 35.3 Å². The highest BCUT2D eigenvalue weighted by Gasteiger charge is 2.26. The van der Waals surface area contributed by atoms with Crippen molar-refractivity contribution < 1.29 is 27.5 Å². The number of carbonyl (C=O) groups excluding carboxylic acids is 2. The lowest BCUT2D eigenvalue weighted by Gasteiger charge is -2.26. The molecule has 2 aromatic rings. The third-order valence-electron chi connectivity index (χ3n) is 4.63. The van der Waals surface area contributed by atoms with Crippen LogP contribution in [0.25, 0.3) is 0 Å². The summed E-state index contributed by atoms with van der Waals surface area (Å²) in [6.45, 7) is 2.72. The van der Waals surface area contributed by atoms with Gasteiger partial charge >= 0.3 is 5.97 Å². The van der Waals surface area contributed by atoms with Crippen LogP contribution in [0.1, 0.15) is 22.8 Å². The van der Waals surface area contributed by atoms with E-state index in [2.05, 4.69) is 5.32 Å². The Morgan fingerprint density at radius 1 is 1.10 bits per heavy atom. The second-order valence-electron chi connectivity index (χ2n) is 6.77. The average Bonchev–Trinajstić information content (AvgIpc) is 2.80. The van der Waals surface area contributed by atoms with Crippen LogP contribution in [0.2, 0.25) is 0 Å². The van der Waals surface area contributed by atoms with Crippen LogP contribution in [0.15, 0.2) is 53.4 Å². The summed E-state index contributed by atoms with van der Waals surface area (Å²) in [6, 6.07) is 13.6. The van der Waals surface area contributed by atoms with E-state index in [1.165, 1.54) is 59.8 Å². The molecule has 1 fully saturated rings. The smallest absolute Gasteiger partial charge is 0.338 e. The fourth-order valence-electron chi connectivity index (χ4n) is 2.85. The SMILES string of the molecule is CC(OC(=O)c1ccc(C#N)cc1)C(=O)Nc1ccc(S(=O)(=O)N2CCOCC2)cc1. The van der Waals surface area contributed by atoms with E-state index in [-0.39, 0.29) is 10.5 Å². The lowest BCUT2D eigenvalue weighted by molar-refractivity contribution is -0.123. The topological polar surface area (TPSA) is 126 Å². The first-order valence-electron chi connectivity index (χ1n) is 9.51. The van der Waals surface area contributed by atoms with E-state index in [4.69, 9.17) is 14.7 Å². The molecule has 162 valence electrons. The van der Waals surface area contributed by atoms with Crippen molar-refractivity contribution in [2.75, 3.05) is 31.6 Å². The molecule has 2 aromatic carbocycles. The summed E-state index contributed by atoms with van der Waals surface area (Å²) < 4.78 is 37.0. The van der Waals surface area contributed by atoms with Gasteiger partial charge in [-0.3, -0.25) is 4.79 Å². The van der Waals surface area contributed by atoms with Crippen molar-refractivity contribution in [3.63, 3.8) is 0 Å². The van der Waals surface area contributed by atoms with Crippen molar-refractivity contribution in [2.45, 2.75) is 17.9 Å². The van der Waals surface area contributed by atoms with Gasteiger partial charge in [-0.25, -0.2) is 13.2 Å². The van der Waals surface area contributed by atoms with Crippen molar-refractivity contribution in [1.82, 2.24) is 4.31 Å². The van der Waals surface area contributed by atoms with Crippen LogP contribution in [0.5, 0.6) is 0 Å². The molecule has 1 heterocycles. The maximum Gasteiger partial charge on any atom is 0.338 e. The Labute approximate surface area is 180 Å². The van der Waals surface area contributed by atoms with Crippen molar-refractivity contribution in [1.29, 1.82) is 5.26 Å². The van der Waals surface area contributed by atoms with E-state index >= 15 is 0 Å². The molecule has 1 unspecified atom stereocenters. The zero-order chi connectivity index (χ0) is 22.4. The van der Waals surface area contributed by atoms with Gasteiger partial charge in [0.25, 0.3) is 5.91 Å². The first-order chi connectivity index (χ1) is 14.8. The summed E-state index contributed by atoms with van der Waals surface area (Å²) in [6.07, 6.45) is -1.08. The molecule has 0 saturated carbocycles. The van der Waals surface area contributed by atoms with Gasteiger partial charge in [0.15, 0.2) is 6.10 Å². The Morgan fingerprint density at radius 3 is 2.29 bits per heavy atom. The van der Waals surface area contributed by atoms with E-state index in [1.54, 1.807) is 0 Å². The number of rotatable bonds is 6. The Morgan fingerprint density at radius 2 is 1.71 bits per heavy atom. The van der Waals surface area contributed by atoms with Crippen LogP contribution in [0, 0.1) is 11.3 Å². The average molecular weight is 443 g/mol. The molecule has 1 aliphatic rings. The van der Waals surface area contributed by atoms with Gasteiger partial charge in [-0.1, -0.05) is 0 Å². The summed E-state index contributed by atoms with van der Waals surface area (Å²) >= 11 is 0. The van der Waals surface area contributed by atoms with Crippen LogP contribution in [0.4, 0.5) is 5.69 Å². The standard InChI is InChI=1S/C21H21N3O6S/c1-15(30-21(26)17-4-2-16(14-22)3-5-17)20(25)23-18-6-8-19(9-7-18)31(27,28)24-10-12-29-13-11-24/h2-9,15H,10-13H2,1H3,(H,23,25). The van der Waals surface area contributed by atoms with Crippen molar-refractivity contribution >= 4 is 27.6 Å². The van der Waals surface area contributed by atoms with E-state index < -0.39 is 28.0 Å². The number of amides is 1. The summed E-state index contributed by atoms with van der Waals surface area (Å²) in [7, 11) is -3.62. The van der Waals surface area contributed by atoms with Crippen LogP contribution in [-0.2, 0) is 24.3 Å². The summed E-state index contributed by atoms with van der Waals surface area (Å²) in [4.78, 5) is 24.6. The lowest BCUT2D eigenvalue weighted by Crippen LogP contribution is -2.40. The van der Waals surface area contributed by atoms with Gasteiger partial charge in [-0.2, -0.15) is 9.57 Å². The molecule has 0 bridgehead atoms. The fraction of sp³-hybridized carbons (Fsp3) is 0.286. The minimum Gasteiger partial charge on any atom is -0.449 e. The quantitative estimate of drug-likeness (QED) is 0.674. The van der Waals surface area contributed by atoms with Crippen molar-refractivity contribution in [2.24, 2.45) is 0 Å². The van der Waals surface area contributed by atoms with Crippen molar-refractivity contribution in [3.05, 3.63) is 59.7 Å². The van der Waals surface area contributed by atoms with Gasteiger partial charge in [0, 0.05) is 18.8 Å². The van der Waals surface area contributed by atoms with Crippen LogP contribution < -0.4 is 5.32 Å². The molecule has 10 heteroatoms. The number of esters is 1. The van der Waals surface area contributed by atoms with E-state index in [1.807, 2.05) is 6.07 Å². The number of nitrogens with one attached hydrogen (secondary N) is 1. The molecule has 1 atom stereocenters. The summed E-state index contributed by atoms with van der Waals surface area (Å²) in [5.74, 6) is -1.26. The molecule has 0 radical (unpaired) electrons. The molecule has 0 spiro atoms. The molecular weight excluding hydrogens is 422 g/mol. The highest BCUT2D eigenvalue weighted by atomic mass is 32.2. The zero-order valence-corrected chi connectivity index (χ0v) is 17.6. The predicted molar refractivity (Wildman–Crippen MR) is 111 cm³/mol. The van der Waals surface area contributed by atoms with Gasteiger partial charge in [0.1, 0.15) is 0 Å². The fourth-order valence-corrected chi connectivity index (χ4v) is 4.26. The number of ether oxygens (including phenoxy) is 2. The number of nitrogens with zero attached hydrogens (tertiary/aromatic N) is 2. The Kier molecular flexibility index (Phi) is 7.02. The molecular formula is C21H21N3O6S. The highest BCUT2D eigenvalue weighted by Crippen LogP contribution is 2.19. The summed E-state index contributed by atoms with van der Waals surface area (Å²) in [5.41, 5.74) is 0.991. The number of morpholine rings is 1. The third-order valence-corrected chi connectivity index (χ3v) is 6.55. The van der Waals surface area contributed by atoms with Crippen LogP contribution in [-0.4, -0.2) is 57.0 Å². The van der Waals surface area contributed by atoms with E-state index in [0.717, 1.165) is 0 Å². The zero-order valence-electron chi connectivity index (χ0n) is 16.8. The Balaban J connectivity index is 1.59. The maximum absolute atomic E-state index is 12.6. The third kappa shape index (κ3) is 5.46. The number of carbonyl (C=O) groups is 2. The number of hydrogen-bond donors (Lipinski definition) is 1. The number of hydrogen-bond acceptors (Lipinski definition) is 7. The molecule has 0 aromatic heterocycles. The minimum atomic E-state index is -3.62. The molecule has 1 saturated heterocycles. The molecule has 3 rings (SSSR count). The van der Waals surface area contributed by atoms with Gasteiger partial charge < -0.3 is 14.8 Å². The minimum absolute atomic E-state index is 0.118. The maximum atomic E-state index is 12.6. The second-order valence-corrected chi connectivity index (χ2v) is 8.70. The summed E-state index contributed by atoms with van der Waals surface area (Å²) in [5, 5.41) is 11.4. The molecule has 1 amide bonds. The molecule has 31 heavy (non-hydrogen) atoms. The highest BCUT2D eigenvalue weighted by molar-refractivity contribution is 7.89. The largest absolute Gasteiger partial charge is 0.449 e. The molecule has 9 nitrogen and oxygen atoms in total. The molecule has 1 aliphatic heterocycles. The van der Waals surface area contributed by atoms with Crippen LogP contribution >= 0.6 is 0 Å². The molecule has 1 N–H and O–H groups in total. The lowest BCUT2D eigenvalue weighted by atomic mass is 10.1. The van der Waals surface area contributed by atoms with Crippen molar-refractivity contribution in [3.8, 4) is 6.07 Å². The predicted octanol–water partition coefficient (Wildman–Crippen LogP) is 1.76. The number of sulfonamides is 1. The first-order valence-corrected chi connectivity index (χ1v) is 11.0. The van der Waals surface area contributed by atoms with Gasteiger partial charge in [-0.15, -0.1) is 0 Å². The first kappa shape index (κ1) is 22.4. The van der Waals surface area contributed by atoms with Gasteiger partial charge in [-0.05, 0) is 55.5 Å². The number of anilines is 1. The van der Waals surface area contributed by atoms with Crippen LogP contribution in [0.3, 0.4) is 0 Å². The van der Waals surface area contributed by atoms with Gasteiger partial charge in [0.2, 0.25) is 10.0 Å². The van der Waals surface area contributed by atoms with E-state index in [9.17, 15) is 18.0 Å². The molecule has 0 aliphatic carbocycles. The Hall–Kier alpha value is -3.26. The number of nitriles is 1. The number of benzene rings is 2. The normalized spacial score (nSPS) is 15.5. The van der Waals surface area contributed by atoms with E-state index in [0.29, 0.717) is 37.6 Å². The Bertz CT molecular complexity index is 1090.